The molecule has 0 radical (unpaired) electrons. The molecule has 0 atom stereocenters. The summed E-state index contributed by atoms with van der Waals surface area (Å²) in [6, 6.07) is 2.93. The van der Waals surface area contributed by atoms with Crippen LogP contribution in [0.1, 0.15) is 24.2 Å². The van der Waals surface area contributed by atoms with Crippen molar-refractivity contribution in [3.05, 3.63) is 29.0 Å². The van der Waals surface area contributed by atoms with Crippen LogP contribution >= 0.6 is 11.6 Å². The van der Waals surface area contributed by atoms with Crippen LogP contribution in [-0.4, -0.2) is 36.9 Å². The molecule has 0 spiro atoms. The average molecular weight is 291 g/mol. The number of sulfone groups is 1. The van der Waals surface area contributed by atoms with Gasteiger partial charge in [-0.15, -0.1) is 0 Å². The number of carbonyl (C=O) groups is 1. The molecule has 1 aromatic rings. The molecule has 0 aliphatic carbocycles. The molecule has 1 aromatic heterocycles. The number of hydrogen-bond acceptors (Lipinski definition) is 4. The van der Waals surface area contributed by atoms with Crippen molar-refractivity contribution in [2.75, 3.05) is 12.8 Å². The van der Waals surface area contributed by atoms with Gasteiger partial charge in [0.1, 0.15) is 5.15 Å². The highest BCUT2D eigenvalue weighted by Gasteiger charge is 2.30. The molecule has 0 saturated carbocycles. The van der Waals surface area contributed by atoms with E-state index in [1.54, 1.807) is 13.8 Å². The fourth-order valence-corrected chi connectivity index (χ4v) is 1.58. The minimum Gasteiger partial charge on any atom is -0.350 e. The van der Waals surface area contributed by atoms with Gasteiger partial charge in [0, 0.05) is 24.6 Å². The summed E-state index contributed by atoms with van der Waals surface area (Å²) in [6.07, 6.45) is 2.56. The Hall–Kier alpha value is -1.14. The SMILES string of the molecule is CC(C)(CNC(=O)c1ccnc(Cl)c1)S(C)(=O)=O. The summed E-state index contributed by atoms with van der Waals surface area (Å²) in [7, 11) is -3.24. The van der Waals surface area contributed by atoms with Gasteiger partial charge in [-0.25, -0.2) is 13.4 Å². The lowest BCUT2D eigenvalue weighted by Crippen LogP contribution is -2.43. The van der Waals surface area contributed by atoms with E-state index >= 15 is 0 Å². The van der Waals surface area contributed by atoms with Gasteiger partial charge in [0.05, 0.1) is 4.75 Å². The van der Waals surface area contributed by atoms with Gasteiger partial charge in [0.15, 0.2) is 9.84 Å². The lowest BCUT2D eigenvalue weighted by atomic mass is 10.2. The van der Waals surface area contributed by atoms with Crippen LogP contribution < -0.4 is 5.32 Å². The minimum absolute atomic E-state index is 0.0323. The molecular formula is C11H15ClN2O3S. The van der Waals surface area contributed by atoms with Crippen LogP contribution in [0, 0.1) is 0 Å². The molecule has 5 nitrogen and oxygen atoms in total. The Kier molecular flexibility index (Phi) is 4.34. The summed E-state index contributed by atoms with van der Waals surface area (Å²) in [5, 5.41) is 2.78. The number of halogens is 1. The summed E-state index contributed by atoms with van der Waals surface area (Å²) in [5.41, 5.74) is 0.347. The van der Waals surface area contributed by atoms with Crippen molar-refractivity contribution < 1.29 is 13.2 Å². The Balaban J connectivity index is 2.74. The first-order valence-corrected chi connectivity index (χ1v) is 7.50. The predicted octanol–water partition coefficient (Wildman–Crippen LogP) is 1.29. The number of nitrogens with one attached hydrogen (secondary N) is 1. The van der Waals surface area contributed by atoms with Crippen molar-refractivity contribution in [3.8, 4) is 0 Å². The fraction of sp³-hybridized carbons (Fsp3) is 0.455. The second kappa shape index (κ2) is 5.24. The van der Waals surface area contributed by atoms with E-state index in [0.717, 1.165) is 6.26 Å². The Bertz CT molecular complexity index is 555. The zero-order valence-corrected chi connectivity index (χ0v) is 12.0. The van der Waals surface area contributed by atoms with E-state index in [-0.39, 0.29) is 17.6 Å². The lowest BCUT2D eigenvalue weighted by molar-refractivity contribution is 0.0950. The third-order valence-electron chi connectivity index (χ3n) is 2.67. The van der Waals surface area contributed by atoms with Gasteiger partial charge in [-0.2, -0.15) is 0 Å². The van der Waals surface area contributed by atoms with Crippen LogP contribution in [0.3, 0.4) is 0 Å². The van der Waals surface area contributed by atoms with Crippen LogP contribution in [0.25, 0.3) is 0 Å². The molecule has 1 amide bonds. The first-order chi connectivity index (χ1) is 8.13. The Morgan fingerprint density at radius 2 is 2.11 bits per heavy atom. The lowest BCUT2D eigenvalue weighted by Gasteiger charge is -2.22. The zero-order valence-electron chi connectivity index (χ0n) is 10.4. The Morgan fingerprint density at radius 1 is 1.50 bits per heavy atom. The Morgan fingerprint density at radius 3 is 2.61 bits per heavy atom. The number of rotatable bonds is 4. The van der Waals surface area contributed by atoms with Crippen LogP contribution in [0.5, 0.6) is 0 Å². The summed E-state index contributed by atoms with van der Waals surface area (Å²) in [6.45, 7) is 3.15. The molecule has 0 aromatic carbocycles. The summed E-state index contributed by atoms with van der Waals surface area (Å²) in [4.78, 5) is 15.5. The molecule has 0 unspecified atom stereocenters. The van der Waals surface area contributed by atoms with Crippen molar-refractivity contribution in [2.24, 2.45) is 0 Å². The molecule has 1 heterocycles. The molecule has 7 heteroatoms. The monoisotopic (exact) mass is 290 g/mol. The second-order valence-electron chi connectivity index (χ2n) is 4.58. The van der Waals surface area contributed by atoms with Gasteiger partial charge in [-0.1, -0.05) is 11.6 Å². The summed E-state index contributed by atoms with van der Waals surface area (Å²) in [5.74, 6) is -0.379. The predicted molar refractivity (Wildman–Crippen MR) is 70.5 cm³/mol. The standard InChI is InChI=1S/C11H15ClN2O3S/c1-11(2,18(3,16)17)7-14-10(15)8-4-5-13-9(12)6-8/h4-6H,7H2,1-3H3,(H,14,15). The van der Waals surface area contributed by atoms with Gasteiger partial charge >= 0.3 is 0 Å². The van der Waals surface area contributed by atoms with E-state index in [0.29, 0.717) is 5.56 Å². The number of aromatic nitrogens is 1. The molecule has 1 rings (SSSR count). The molecule has 0 saturated heterocycles. The molecule has 100 valence electrons. The van der Waals surface area contributed by atoms with E-state index < -0.39 is 14.6 Å². The van der Waals surface area contributed by atoms with Crippen molar-refractivity contribution in [1.29, 1.82) is 0 Å². The minimum atomic E-state index is -3.24. The van der Waals surface area contributed by atoms with E-state index in [2.05, 4.69) is 10.3 Å². The van der Waals surface area contributed by atoms with Gasteiger partial charge in [0.2, 0.25) is 0 Å². The van der Waals surface area contributed by atoms with Crippen molar-refractivity contribution >= 4 is 27.3 Å². The van der Waals surface area contributed by atoms with Gasteiger partial charge < -0.3 is 5.32 Å². The molecule has 0 fully saturated rings. The quantitative estimate of drug-likeness (QED) is 0.848. The maximum Gasteiger partial charge on any atom is 0.251 e. The normalized spacial score (nSPS) is 12.2. The van der Waals surface area contributed by atoms with Crippen LogP contribution in [0.4, 0.5) is 0 Å². The van der Waals surface area contributed by atoms with Gasteiger partial charge in [-0.3, -0.25) is 4.79 Å². The molecular weight excluding hydrogens is 276 g/mol. The Labute approximate surface area is 111 Å². The summed E-state index contributed by atoms with van der Waals surface area (Å²) < 4.78 is 21.9. The number of nitrogens with zero attached hydrogens (tertiary/aromatic N) is 1. The smallest absolute Gasteiger partial charge is 0.251 e. The van der Waals surface area contributed by atoms with E-state index in [1.807, 2.05) is 0 Å². The van der Waals surface area contributed by atoms with Crippen molar-refractivity contribution in [3.63, 3.8) is 0 Å². The maximum absolute atomic E-state index is 11.8. The number of pyridine rings is 1. The molecule has 0 aliphatic heterocycles. The van der Waals surface area contributed by atoms with Crippen LogP contribution in [0.2, 0.25) is 5.15 Å². The molecule has 18 heavy (non-hydrogen) atoms. The summed E-state index contributed by atoms with van der Waals surface area (Å²) >= 11 is 5.66. The van der Waals surface area contributed by atoms with E-state index in [4.69, 9.17) is 11.6 Å². The first kappa shape index (κ1) is 14.9. The number of hydrogen-bond donors (Lipinski definition) is 1. The van der Waals surface area contributed by atoms with Crippen LogP contribution in [0.15, 0.2) is 18.3 Å². The second-order valence-corrected chi connectivity index (χ2v) is 7.62. The van der Waals surface area contributed by atoms with E-state index in [9.17, 15) is 13.2 Å². The third kappa shape index (κ3) is 3.68. The molecule has 1 N–H and O–H groups in total. The number of carbonyl (C=O) groups excluding carboxylic acids is 1. The highest BCUT2D eigenvalue weighted by Crippen LogP contribution is 2.14. The maximum atomic E-state index is 11.8. The number of amides is 1. The fourth-order valence-electron chi connectivity index (χ4n) is 1.07. The molecule has 0 bridgehead atoms. The zero-order chi connectivity index (χ0) is 14.0. The van der Waals surface area contributed by atoms with Gasteiger partial charge in [0.25, 0.3) is 5.91 Å². The third-order valence-corrected chi connectivity index (χ3v) is 5.03. The molecule has 0 aliphatic rings. The highest BCUT2D eigenvalue weighted by atomic mass is 35.5. The van der Waals surface area contributed by atoms with Crippen LogP contribution in [-0.2, 0) is 9.84 Å². The van der Waals surface area contributed by atoms with E-state index in [1.165, 1.54) is 18.3 Å². The van der Waals surface area contributed by atoms with Crippen molar-refractivity contribution in [2.45, 2.75) is 18.6 Å². The first-order valence-electron chi connectivity index (χ1n) is 5.23. The topological polar surface area (TPSA) is 76.1 Å². The highest BCUT2D eigenvalue weighted by molar-refractivity contribution is 7.92. The largest absolute Gasteiger partial charge is 0.350 e. The van der Waals surface area contributed by atoms with Gasteiger partial charge in [-0.05, 0) is 26.0 Å². The average Bonchev–Trinajstić information content (AvgIpc) is 2.24. The van der Waals surface area contributed by atoms with Crippen molar-refractivity contribution in [1.82, 2.24) is 10.3 Å².